The number of hydrogen-bond donors (Lipinski definition) is 1. The van der Waals surface area contributed by atoms with Gasteiger partial charge in [0.05, 0.1) is 6.61 Å². The van der Waals surface area contributed by atoms with Crippen molar-refractivity contribution < 1.29 is 22.7 Å². The second kappa shape index (κ2) is 10.6. The first-order chi connectivity index (χ1) is 8.45. The zero-order valence-corrected chi connectivity index (χ0v) is 11.8. The van der Waals surface area contributed by atoms with Crippen LogP contribution in [0.15, 0.2) is 0 Å². The van der Waals surface area contributed by atoms with E-state index in [9.17, 15) is 18.0 Å². The van der Waals surface area contributed by atoms with Gasteiger partial charge in [-0.05, 0) is 12.8 Å². The van der Waals surface area contributed by atoms with Crippen LogP contribution < -0.4 is 5.32 Å². The van der Waals surface area contributed by atoms with Gasteiger partial charge in [0.25, 0.3) is 0 Å². The normalized spacial score (nSPS) is 11.6. The predicted octanol–water partition coefficient (Wildman–Crippen LogP) is 3.03. The van der Waals surface area contributed by atoms with Crippen molar-refractivity contribution in [1.29, 1.82) is 0 Å². The molecule has 0 bridgehead atoms. The molecule has 108 valence electrons. The molecule has 0 saturated carbocycles. The molecule has 1 N–H and O–H groups in total. The smallest absolute Gasteiger partial charge is 0.372 e. The fraction of sp³-hybridized carbons (Fsp3) is 0.909. The molecular weight excluding hydrogens is 315 g/mol. The number of rotatable bonds is 10. The molecule has 0 aromatic heterocycles. The molecule has 0 fully saturated rings. The zero-order valence-electron chi connectivity index (χ0n) is 10.2. The minimum absolute atomic E-state index is 0.0303. The maximum atomic E-state index is 11.7. The average molecular weight is 334 g/mol. The van der Waals surface area contributed by atoms with Crippen LogP contribution in [0.25, 0.3) is 0 Å². The highest BCUT2D eigenvalue weighted by molar-refractivity contribution is 9.09. The summed E-state index contributed by atoms with van der Waals surface area (Å²) in [6.45, 7) is -0.928. The van der Waals surface area contributed by atoms with Gasteiger partial charge in [-0.15, -0.1) is 0 Å². The lowest BCUT2D eigenvalue weighted by Crippen LogP contribution is -2.26. The van der Waals surface area contributed by atoms with Gasteiger partial charge in [0.15, 0.2) is 0 Å². The lowest BCUT2D eigenvalue weighted by atomic mass is 10.2. The van der Waals surface area contributed by atoms with Crippen molar-refractivity contribution in [3.8, 4) is 0 Å². The maximum absolute atomic E-state index is 11.7. The zero-order chi connectivity index (χ0) is 13.9. The van der Waals surface area contributed by atoms with Crippen molar-refractivity contribution in [2.75, 3.05) is 25.1 Å². The van der Waals surface area contributed by atoms with Gasteiger partial charge in [-0.1, -0.05) is 28.8 Å². The van der Waals surface area contributed by atoms with Gasteiger partial charge in [-0.2, -0.15) is 13.2 Å². The lowest BCUT2D eigenvalue weighted by Gasteiger charge is -2.08. The van der Waals surface area contributed by atoms with Crippen molar-refractivity contribution in [2.45, 2.75) is 38.3 Å². The molecule has 1 amide bonds. The molecule has 0 aliphatic heterocycles. The van der Waals surface area contributed by atoms with E-state index >= 15 is 0 Å². The summed E-state index contributed by atoms with van der Waals surface area (Å²) in [4.78, 5) is 11.2. The SMILES string of the molecule is O=C(CCOCC(F)(F)F)NCCCCCCBr. The monoisotopic (exact) mass is 333 g/mol. The van der Waals surface area contributed by atoms with E-state index in [1.807, 2.05) is 0 Å². The Labute approximate surface area is 114 Å². The lowest BCUT2D eigenvalue weighted by molar-refractivity contribution is -0.174. The molecule has 3 nitrogen and oxygen atoms in total. The highest BCUT2D eigenvalue weighted by Gasteiger charge is 2.27. The topological polar surface area (TPSA) is 38.3 Å². The number of carbonyl (C=O) groups is 1. The molecule has 7 heteroatoms. The summed E-state index contributed by atoms with van der Waals surface area (Å²) in [6, 6.07) is 0. The van der Waals surface area contributed by atoms with Crippen LogP contribution in [0.4, 0.5) is 13.2 Å². The first kappa shape index (κ1) is 17.7. The Balaban J connectivity index is 3.28. The van der Waals surface area contributed by atoms with E-state index in [4.69, 9.17) is 0 Å². The Hall–Kier alpha value is -0.300. The van der Waals surface area contributed by atoms with Crippen LogP contribution >= 0.6 is 15.9 Å². The quantitative estimate of drug-likeness (QED) is 0.493. The van der Waals surface area contributed by atoms with Crippen molar-refractivity contribution >= 4 is 21.8 Å². The summed E-state index contributed by atoms with van der Waals surface area (Å²) in [5.74, 6) is -0.266. The summed E-state index contributed by atoms with van der Waals surface area (Å²) >= 11 is 3.33. The van der Waals surface area contributed by atoms with Crippen LogP contribution in [-0.4, -0.2) is 37.2 Å². The Morgan fingerprint density at radius 1 is 1.17 bits per heavy atom. The van der Waals surface area contributed by atoms with Crippen LogP contribution in [0.3, 0.4) is 0 Å². The summed E-state index contributed by atoms with van der Waals surface area (Å²) in [6.07, 6.45) is -0.211. The molecule has 0 rings (SSSR count). The highest BCUT2D eigenvalue weighted by atomic mass is 79.9. The van der Waals surface area contributed by atoms with E-state index in [2.05, 4.69) is 26.0 Å². The molecule has 0 spiro atoms. The molecule has 0 aliphatic rings. The molecule has 0 aromatic carbocycles. The van der Waals surface area contributed by atoms with E-state index < -0.39 is 12.8 Å². The Morgan fingerprint density at radius 3 is 2.44 bits per heavy atom. The largest absolute Gasteiger partial charge is 0.411 e. The summed E-state index contributed by atoms with van der Waals surface area (Å²) in [5, 5.41) is 3.63. The van der Waals surface area contributed by atoms with Crippen LogP contribution in [0.5, 0.6) is 0 Å². The molecule has 0 radical (unpaired) electrons. The third kappa shape index (κ3) is 13.8. The fourth-order valence-corrected chi connectivity index (χ4v) is 1.64. The molecule has 18 heavy (non-hydrogen) atoms. The molecule has 0 unspecified atom stereocenters. The first-order valence-corrected chi connectivity index (χ1v) is 7.05. The highest BCUT2D eigenvalue weighted by Crippen LogP contribution is 2.14. The summed E-state index contributed by atoms with van der Waals surface area (Å²) in [7, 11) is 0. The number of halogens is 4. The van der Waals surface area contributed by atoms with E-state index in [1.165, 1.54) is 0 Å². The number of alkyl halides is 4. The van der Waals surface area contributed by atoms with Crippen LogP contribution in [0.2, 0.25) is 0 Å². The number of nitrogens with one attached hydrogen (secondary N) is 1. The van der Waals surface area contributed by atoms with E-state index in [-0.39, 0.29) is 18.9 Å². The molecule has 0 saturated heterocycles. The Morgan fingerprint density at radius 2 is 1.83 bits per heavy atom. The summed E-state index contributed by atoms with van der Waals surface area (Å²) in [5.41, 5.74) is 0. The van der Waals surface area contributed by atoms with Crippen LogP contribution in [0, 0.1) is 0 Å². The van der Waals surface area contributed by atoms with Crippen LogP contribution in [0.1, 0.15) is 32.1 Å². The first-order valence-electron chi connectivity index (χ1n) is 5.93. The van der Waals surface area contributed by atoms with Crippen LogP contribution in [-0.2, 0) is 9.53 Å². The van der Waals surface area contributed by atoms with Gasteiger partial charge >= 0.3 is 6.18 Å². The number of carbonyl (C=O) groups excluding carboxylic acids is 1. The average Bonchev–Trinajstić information content (AvgIpc) is 2.28. The molecule has 0 aromatic rings. The molecule has 0 aliphatic carbocycles. The van der Waals surface area contributed by atoms with Crippen molar-refractivity contribution in [3.05, 3.63) is 0 Å². The third-order valence-electron chi connectivity index (χ3n) is 2.12. The van der Waals surface area contributed by atoms with Crippen molar-refractivity contribution in [3.63, 3.8) is 0 Å². The van der Waals surface area contributed by atoms with Gasteiger partial charge in [-0.3, -0.25) is 4.79 Å². The maximum Gasteiger partial charge on any atom is 0.411 e. The van der Waals surface area contributed by atoms with Gasteiger partial charge in [0, 0.05) is 18.3 Å². The molecule has 0 heterocycles. The van der Waals surface area contributed by atoms with Crippen molar-refractivity contribution in [2.24, 2.45) is 0 Å². The van der Waals surface area contributed by atoms with Gasteiger partial charge < -0.3 is 10.1 Å². The Kier molecular flexibility index (Phi) is 10.4. The number of hydrogen-bond acceptors (Lipinski definition) is 2. The van der Waals surface area contributed by atoms with E-state index in [0.29, 0.717) is 6.54 Å². The number of unbranched alkanes of at least 4 members (excludes halogenated alkanes) is 3. The molecular formula is C11H19BrF3NO2. The van der Waals surface area contributed by atoms with Crippen molar-refractivity contribution in [1.82, 2.24) is 5.32 Å². The van der Waals surface area contributed by atoms with Gasteiger partial charge in [-0.25, -0.2) is 0 Å². The Bertz CT molecular complexity index is 225. The predicted molar refractivity (Wildman–Crippen MR) is 66.8 cm³/mol. The second-order valence-corrected chi connectivity index (χ2v) is 4.66. The van der Waals surface area contributed by atoms with Gasteiger partial charge in [0.1, 0.15) is 6.61 Å². The minimum Gasteiger partial charge on any atom is -0.372 e. The third-order valence-corrected chi connectivity index (χ3v) is 2.68. The summed E-state index contributed by atoms with van der Waals surface area (Å²) < 4.78 is 39.4. The molecule has 0 atom stereocenters. The number of ether oxygens (including phenoxy) is 1. The van der Waals surface area contributed by atoms with E-state index in [1.54, 1.807) is 0 Å². The second-order valence-electron chi connectivity index (χ2n) is 3.87. The van der Waals surface area contributed by atoms with E-state index in [0.717, 1.165) is 31.0 Å². The minimum atomic E-state index is -4.33. The number of amides is 1. The standard InChI is InChI=1S/C11H19BrF3NO2/c12-6-3-1-2-4-7-16-10(17)5-8-18-9-11(13,14)15/h1-9H2,(H,16,17). The van der Waals surface area contributed by atoms with Gasteiger partial charge in [0.2, 0.25) is 5.91 Å². The fourth-order valence-electron chi connectivity index (χ4n) is 1.24.